The van der Waals surface area contributed by atoms with Gasteiger partial charge in [-0.2, -0.15) is 0 Å². The summed E-state index contributed by atoms with van der Waals surface area (Å²) in [4.78, 5) is 11.5. The summed E-state index contributed by atoms with van der Waals surface area (Å²) < 4.78 is 5.50. The molecule has 0 unspecified atom stereocenters. The lowest BCUT2D eigenvalue weighted by atomic mass is 9.50. The van der Waals surface area contributed by atoms with Crippen LogP contribution in [-0.4, -0.2) is 16.9 Å². The lowest BCUT2D eigenvalue weighted by Crippen LogP contribution is -2.55. The fraction of sp³-hybridized carbons (Fsp3) is 0.706. The van der Waals surface area contributed by atoms with Crippen LogP contribution in [0.2, 0.25) is 0 Å². The number of alkyl halides is 1. The second-order valence-electron chi connectivity index (χ2n) is 6.92. The molecule has 3 heteroatoms. The molecule has 1 saturated carbocycles. The quantitative estimate of drug-likeness (QED) is 0.390. The van der Waals surface area contributed by atoms with Crippen LogP contribution in [-0.2, 0) is 9.53 Å². The molecule has 0 heterocycles. The molecule has 0 saturated heterocycles. The van der Waals surface area contributed by atoms with Crippen molar-refractivity contribution in [2.75, 3.05) is 0 Å². The van der Waals surface area contributed by atoms with Crippen molar-refractivity contribution >= 4 is 21.9 Å². The number of allylic oxidation sites excluding steroid dienone is 2. The smallest absolute Gasteiger partial charge is 0.302 e. The second-order valence-corrected chi connectivity index (χ2v) is 7.90. The van der Waals surface area contributed by atoms with Gasteiger partial charge in [-0.25, -0.2) is 0 Å². The zero-order valence-corrected chi connectivity index (χ0v) is 14.5. The van der Waals surface area contributed by atoms with Gasteiger partial charge in [0.25, 0.3) is 0 Å². The Morgan fingerprint density at radius 3 is 2.65 bits per heavy atom. The Balaban J connectivity index is 2.33. The number of rotatable bonds is 1. The van der Waals surface area contributed by atoms with Gasteiger partial charge in [-0.15, -0.1) is 0 Å². The van der Waals surface area contributed by atoms with Crippen LogP contribution in [0.25, 0.3) is 0 Å². The minimum Gasteiger partial charge on any atom is -0.461 e. The molecule has 0 aromatic rings. The second kappa shape index (κ2) is 5.32. The van der Waals surface area contributed by atoms with Crippen LogP contribution in [0.3, 0.4) is 0 Å². The number of carbonyl (C=O) groups excluding carboxylic acids is 1. The molecule has 0 aromatic carbocycles. The van der Waals surface area contributed by atoms with Crippen LogP contribution in [0.1, 0.15) is 53.4 Å². The predicted octanol–water partition coefficient (Wildman–Crippen LogP) is 4.78. The standard InChI is InChI=1S/C17H25BrO2/c1-11-6-8-17(9-7-11)12(2)10-14(20-13(3)19)15(18)16(17,4)5/h6,14-15H,2,7-10H2,1,3-5H3/t14-,15-,17+/m0/s1. The predicted molar refractivity (Wildman–Crippen MR) is 85.8 cm³/mol. The molecular weight excluding hydrogens is 316 g/mol. The molecule has 0 aromatic heterocycles. The van der Waals surface area contributed by atoms with E-state index in [0.717, 1.165) is 25.7 Å². The number of esters is 1. The first-order chi connectivity index (χ1) is 9.20. The van der Waals surface area contributed by atoms with Gasteiger partial charge in [-0.1, -0.05) is 53.6 Å². The van der Waals surface area contributed by atoms with Crippen molar-refractivity contribution in [1.29, 1.82) is 0 Å². The van der Waals surface area contributed by atoms with E-state index in [-0.39, 0.29) is 27.7 Å². The molecule has 112 valence electrons. The van der Waals surface area contributed by atoms with Crippen molar-refractivity contribution in [3.05, 3.63) is 23.8 Å². The van der Waals surface area contributed by atoms with Crippen LogP contribution < -0.4 is 0 Å². The lowest BCUT2D eigenvalue weighted by molar-refractivity contribution is -0.150. The average molecular weight is 341 g/mol. The summed E-state index contributed by atoms with van der Waals surface area (Å²) in [5, 5.41) is 0. The third-order valence-corrected chi connectivity index (χ3v) is 7.17. The fourth-order valence-electron chi connectivity index (χ4n) is 3.91. The topological polar surface area (TPSA) is 26.3 Å². The van der Waals surface area contributed by atoms with Crippen LogP contribution >= 0.6 is 15.9 Å². The molecule has 1 spiro atoms. The van der Waals surface area contributed by atoms with E-state index in [1.807, 2.05) is 0 Å². The first-order valence-electron chi connectivity index (χ1n) is 7.36. The average Bonchev–Trinajstić information content (AvgIpc) is 2.35. The van der Waals surface area contributed by atoms with E-state index < -0.39 is 0 Å². The Morgan fingerprint density at radius 2 is 2.15 bits per heavy atom. The SMILES string of the molecule is C=C1C[C@H](OC(C)=O)[C@H](Br)C(C)(C)[C@@]12CC=C(C)CC2. The summed E-state index contributed by atoms with van der Waals surface area (Å²) in [7, 11) is 0. The van der Waals surface area contributed by atoms with E-state index in [9.17, 15) is 4.79 Å². The summed E-state index contributed by atoms with van der Waals surface area (Å²) in [6, 6.07) is 0. The molecule has 0 N–H and O–H groups in total. The number of carbonyl (C=O) groups is 1. The summed E-state index contributed by atoms with van der Waals surface area (Å²) in [6.45, 7) is 12.6. The van der Waals surface area contributed by atoms with Crippen molar-refractivity contribution in [1.82, 2.24) is 0 Å². The minimum atomic E-state index is -0.210. The maximum atomic E-state index is 11.3. The highest BCUT2D eigenvalue weighted by Crippen LogP contribution is 2.61. The maximum Gasteiger partial charge on any atom is 0.302 e. The highest BCUT2D eigenvalue weighted by atomic mass is 79.9. The summed E-state index contributed by atoms with van der Waals surface area (Å²) in [5.74, 6) is -0.210. The van der Waals surface area contributed by atoms with Crippen LogP contribution in [0.4, 0.5) is 0 Å². The zero-order valence-electron chi connectivity index (χ0n) is 13.0. The van der Waals surface area contributed by atoms with Crippen molar-refractivity contribution in [2.45, 2.75) is 64.3 Å². The summed E-state index contributed by atoms with van der Waals surface area (Å²) in [6.07, 6.45) is 6.37. The van der Waals surface area contributed by atoms with Gasteiger partial charge in [0.1, 0.15) is 6.10 Å². The van der Waals surface area contributed by atoms with Crippen molar-refractivity contribution in [3.63, 3.8) is 0 Å². The van der Waals surface area contributed by atoms with Crippen molar-refractivity contribution in [3.8, 4) is 0 Å². The van der Waals surface area contributed by atoms with E-state index in [2.05, 4.69) is 49.4 Å². The molecular formula is C17H25BrO2. The molecule has 1 fully saturated rings. The third-order valence-electron chi connectivity index (χ3n) is 5.44. The van der Waals surface area contributed by atoms with E-state index in [1.54, 1.807) is 0 Å². The lowest BCUT2D eigenvalue weighted by Gasteiger charge is -2.57. The monoisotopic (exact) mass is 340 g/mol. The van der Waals surface area contributed by atoms with Gasteiger partial charge in [-0.3, -0.25) is 4.79 Å². The normalized spacial score (nSPS) is 36.6. The number of hydrogen-bond acceptors (Lipinski definition) is 2. The minimum absolute atomic E-state index is 0.0135. The van der Waals surface area contributed by atoms with Gasteiger partial charge in [0.05, 0.1) is 4.83 Å². The number of ether oxygens (including phenoxy) is 1. The molecule has 0 radical (unpaired) electrons. The molecule has 2 nitrogen and oxygen atoms in total. The molecule has 0 bridgehead atoms. The molecule has 2 aliphatic rings. The number of halogens is 1. The fourth-order valence-corrected chi connectivity index (χ4v) is 4.64. The molecule has 20 heavy (non-hydrogen) atoms. The largest absolute Gasteiger partial charge is 0.461 e. The molecule has 3 atom stereocenters. The molecule has 0 aliphatic heterocycles. The van der Waals surface area contributed by atoms with Gasteiger partial charge >= 0.3 is 5.97 Å². The molecule has 0 amide bonds. The van der Waals surface area contributed by atoms with Gasteiger partial charge in [0.2, 0.25) is 0 Å². The Kier molecular flexibility index (Phi) is 4.21. The van der Waals surface area contributed by atoms with Crippen LogP contribution in [0, 0.1) is 10.8 Å². The summed E-state index contributed by atoms with van der Waals surface area (Å²) in [5.41, 5.74) is 2.86. The Labute approximate surface area is 130 Å². The number of hydrogen-bond donors (Lipinski definition) is 0. The Morgan fingerprint density at radius 1 is 1.50 bits per heavy atom. The molecule has 2 rings (SSSR count). The van der Waals surface area contributed by atoms with E-state index in [1.165, 1.54) is 18.1 Å². The van der Waals surface area contributed by atoms with E-state index in [4.69, 9.17) is 4.74 Å². The van der Waals surface area contributed by atoms with Crippen LogP contribution in [0.5, 0.6) is 0 Å². The first-order valence-corrected chi connectivity index (χ1v) is 8.27. The van der Waals surface area contributed by atoms with Crippen LogP contribution in [0.15, 0.2) is 23.8 Å². The van der Waals surface area contributed by atoms with Gasteiger partial charge in [0, 0.05) is 18.8 Å². The van der Waals surface area contributed by atoms with Crippen molar-refractivity contribution in [2.24, 2.45) is 10.8 Å². The Hall–Kier alpha value is -0.570. The third kappa shape index (κ3) is 2.38. The van der Waals surface area contributed by atoms with E-state index >= 15 is 0 Å². The van der Waals surface area contributed by atoms with Crippen molar-refractivity contribution < 1.29 is 9.53 Å². The Bertz CT molecular complexity index is 464. The van der Waals surface area contributed by atoms with Gasteiger partial charge < -0.3 is 4.74 Å². The highest BCUT2D eigenvalue weighted by Gasteiger charge is 2.56. The first kappa shape index (κ1) is 15.8. The maximum absolute atomic E-state index is 11.3. The summed E-state index contributed by atoms with van der Waals surface area (Å²) >= 11 is 3.82. The van der Waals surface area contributed by atoms with Gasteiger partial charge in [-0.05, 0) is 31.6 Å². The highest BCUT2D eigenvalue weighted by molar-refractivity contribution is 9.09. The van der Waals surface area contributed by atoms with Gasteiger partial charge in [0.15, 0.2) is 0 Å². The van der Waals surface area contributed by atoms with E-state index in [0.29, 0.717) is 0 Å². The zero-order chi connectivity index (χ0) is 15.1. The molecule has 2 aliphatic carbocycles.